The van der Waals surface area contributed by atoms with Crippen LogP contribution in [0.25, 0.3) is 11.5 Å². The Balaban J connectivity index is 1.34. The van der Waals surface area contributed by atoms with Crippen LogP contribution in [0.3, 0.4) is 0 Å². The van der Waals surface area contributed by atoms with Gasteiger partial charge in [0, 0.05) is 24.8 Å². The molecule has 10 heteroatoms. The first-order chi connectivity index (χ1) is 15.9. The Morgan fingerprint density at radius 3 is 2.76 bits per heavy atom. The van der Waals surface area contributed by atoms with Gasteiger partial charge in [-0.15, -0.1) is 10.2 Å². The molecule has 2 aromatic heterocycles. The number of ketones is 1. The second-order valence-electron chi connectivity index (χ2n) is 8.17. The minimum Gasteiger partial charge on any atom is -0.419 e. The van der Waals surface area contributed by atoms with Crippen LogP contribution in [0.1, 0.15) is 54.4 Å². The molecule has 2 amide bonds. The van der Waals surface area contributed by atoms with Gasteiger partial charge in [-0.2, -0.15) is 0 Å². The summed E-state index contributed by atoms with van der Waals surface area (Å²) >= 11 is 1.17. The van der Waals surface area contributed by atoms with Crippen molar-refractivity contribution in [1.29, 1.82) is 0 Å². The number of nitrogens with zero attached hydrogens (tertiary/aromatic N) is 3. The van der Waals surface area contributed by atoms with Gasteiger partial charge in [-0.3, -0.25) is 14.4 Å². The van der Waals surface area contributed by atoms with Gasteiger partial charge >= 0.3 is 0 Å². The summed E-state index contributed by atoms with van der Waals surface area (Å²) in [6.07, 6.45) is 1.75. The minimum atomic E-state index is -0.535. The van der Waals surface area contributed by atoms with Crippen molar-refractivity contribution in [2.45, 2.75) is 46.1 Å². The van der Waals surface area contributed by atoms with Gasteiger partial charge in [0.25, 0.3) is 0 Å². The molecule has 33 heavy (non-hydrogen) atoms. The largest absolute Gasteiger partial charge is 0.419 e. The van der Waals surface area contributed by atoms with Crippen LogP contribution in [0.4, 0.5) is 5.13 Å². The van der Waals surface area contributed by atoms with Crippen LogP contribution in [0.5, 0.6) is 0 Å². The van der Waals surface area contributed by atoms with E-state index in [1.807, 2.05) is 44.2 Å². The molecule has 1 aromatic carbocycles. The van der Waals surface area contributed by atoms with Gasteiger partial charge < -0.3 is 15.1 Å². The summed E-state index contributed by atoms with van der Waals surface area (Å²) < 4.78 is 5.61. The van der Waals surface area contributed by atoms with E-state index in [2.05, 4.69) is 25.8 Å². The van der Waals surface area contributed by atoms with Gasteiger partial charge in [-0.05, 0) is 18.1 Å². The van der Waals surface area contributed by atoms with Gasteiger partial charge in [-0.1, -0.05) is 49.8 Å². The van der Waals surface area contributed by atoms with Crippen molar-refractivity contribution in [1.82, 2.24) is 20.5 Å². The maximum Gasteiger partial charge on any atom is 0.247 e. The second kappa shape index (κ2) is 10.0. The molecule has 0 saturated carbocycles. The Labute approximate surface area is 195 Å². The predicted molar refractivity (Wildman–Crippen MR) is 123 cm³/mol. The summed E-state index contributed by atoms with van der Waals surface area (Å²) in [4.78, 5) is 42.4. The molecule has 1 aliphatic rings. The normalized spacial score (nSPS) is 16.2. The van der Waals surface area contributed by atoms with Crippen LogP contribution < -0.4 is 10.6 Å². The number of Topliss-reactive ketones (excluding diaryl/α,β-unsaturated/α-hetero) is 1. The Kier molecular flexibility index (Phi) is 6.93. The highest BCUT2D eigenvalue weighted by Gasteiger charge is 2.33. The summed E-state index contributed by atoms with van der Waals surface area (Å²) in [5, 5.41) is 13.9. The van der Waals surface area contributed by atoms with E-state index < -0.39 is 5.92 Å². The van der Waals surface area contributed by atoms with Gasteiger partial charge in [-0.25, -0.2) is 4.98 Å². The number of carbonyl (C=O) groups is 3. The first-order valence-electron chi connectivity index (χ1n) is 10.9. The number of hydrogen-bond donors (Lipinski definition) is 2. The Morgan fingerprint density at radius 1 is 1.21 bits per heavy atom. The maximum absolute atomic E-state index is 12.7. The number of hydrogen-bond acceptors (Lipinski definition) is 8. The molecule has 0 fully saturated rings. The summed E-state index contributed by atoms with van der Waals surface area (Å²) in [5.41, 5.74) is 1.35. The molecule has 172 valence electrons. The molecule has 0 unspecified atom stereocenters. The minimum absolute atomic E-state index is 0.0736. The van der Waals surface area contributed by atoms with Crippen molar-refractivity contribution in [2.24, 2.45) is 11.8 Å². The van der Waals surface area contributed by atoms with Crippen LogP contribution in [0, 0.1) is 11.8 Å². The van der Waals surface area contributed by atoms with Crippen molar-refractivity contribution < 1.29 is 18.8 Å². The van der Waals surface area contributed by atoms with Gasteiger partial charge in [0.05, 0.1) is 23.0 Å². The molecule has 2 N–H and O–H groups in total. The molecule has 3 aromatic rings. The first-order valence-corrected chi connectivity index (χ1v) is 11.7. The number of fused-ring (bicyclic) bond motifs is 1. The van der Waals surface area contributed by atoms with Crippen LogP contribution in [0.15, 0.2) is 34.7 Å². The van der Waals surface area contributed by atoms with E-state index in [0.29, 0.717) is 34.4 Å². The summed E-state index contributed by atoms with van der Waals surface area (Å²) in [7, 11) is 0. The summed E-state index contributed by atoms with van der Waals surface area (Å²) in [6, 6.07) is 9.35. The zero-order valence-electron chi connectivity index (χ0n) is 18.5. The number of rotatable bonds is 8. The van der Waals surface area contributed by atoms with E-state index in [0.717, 1.165) is 12.0 Å². The van der Waals surface area contributed by atoms with Gasteiger partial charge in [0.1, 0.15) is 0 Å². The number of carbonyl (C=O) groups excluding carboxylic acids is 3. The lowest BCUT2D eigenvalue weighted by atomic mass is 9.89. The third-order valence-electron chi connectivity index (χ3n) is 5.57. The molecule has 0 saturated heterocycles. The average Bonchev–Trinajstić information content (AvgIpc) is 3.45. The first kappa shape index (κ1) is 22.8. The van der Waals surface area contributed by atoms with E-state index in [4.69, 9.17) is 4.42 Å². The molecule has 1 aliphatic carbocycles. The number of thiazole rings is 1. The molecule has 0 bridgehead atoms. The third-order valence-corrected chi connectivity index (χ3v) is 6.63. The fourth-order valence-corrected chi connectivity index (χ4v) is 4.49. The highest BCUT2D eigenvalue weighted by atomic mass is 32.1. The number of benzene rings is 1. The molecule has 9 nitrogen and oxygen atoms in total. The van der Waals surface area contributed by atoms with Gasteiger partial charge in [0.2, 0.25) is 23.6 Å². The van der Waals surface area contributed by atoms with Crippen LogP contribution >= 0.6 is 11.3 Å². The number of aromatic nitrogens is 3. The standard InChI is InChI=1S/C23H25N5O4S/c1-3-13(2)9-18(30)26-23-25-16-10-15(11-17(29)20(16)33-23)21(31)24-12-19-27-28-22(32-19)14-7-5-4-6-8-14/h4-8,13,15H,3,9-12H2,1-2H3,(H,24,31)(H,25,26,30)/t13-,15+/m0/s1. The molecule has 0 aliphatic heterocycles. The van der Waals surface area contributed by atoms with E-state index in [-0.39, 0.29) is 42.4 Å². The highest BCUT2D eigenvalue weighted by Crippen LogP contribution is 2.32. The second-order valence-corrected chi connectivity index (χ2v) is 9.17. The van der Waals surface area contributed by atoms with Crippen LogP contribution in [-0.2, 0) is 22.6 Å². The Hall–Kier alpha value is -3.40. The number of nitrogens with one attached hydrogen (secondary N) is 2. The van der Waals surface area contributed by atoms with E-state index in [1.165, 1.54) is 11.3 Å². The lowest BCUT2D eigenvalue weighted by Gasteiger charge is -2.19. The molecule has 0 radical (unpaired) electrons. The zero-order valence-corrected chi connectivity index (χ0v) is 19.3. The van der Waals surface area contributed by atoms with E-state index >= 15 is 0 Å². The lowest BCUT2D eigenvalue weighted by Crippen LogP contribution is -2.35. The van der Waals surface area contributed by atoms with Gasteiger partial charge in [0.15, 0.2) is 10.9 Å². The summed E-state index contributed by atoms with van der Waals surface area (Å²) in [5.74, 6) is -0.132. The average molecular weight is 468 g/mol. The van der Waals surface area contributed by atoms with E-state index in [9.17, 15) is 14.4 Å². The lowest BCUT2D eigenvalue weighted by molar-refractivity contribution is -0.125. The van der Waals surface area contributed by atoms with E-state index in [1.54, 1.807) is 0 Å². The van der Waals surface area contributed by atoms with Crippen molar-refractivity contribution in [2.75, 3.05) is 5.32 Å². The van der Waals surface area contributed by atoms with Crippen LogP contribution in [0.2, 0.25) is 0 Å². The fourth-order valence-electron chi connectivity index (χ4n) is 3.53. The zero-order chi connectivity index (χ0) is 23.4. The smallest absolute Gasteiger partial charge is 0.247 e. The van der Waals surface area contributed by atoms with Crippen molar-refractivity contribution in [3.05, 3.63) is 46.8 Å². The molecular formula is C23H25N5O4S. The van der Waals surface area contributed by atoms with Crippen molar-refractivity contribution in [3.8, 4) is 11.5 Å². The summed E-state index contributed by atoms with van der Waals surface area (Å²) in [6.45, 7) is 4.12. The highest BCUT2D eigenvalue weighted by molar-refractivity contribution is 7.17. The quantitative estimate of drug-likeness (QED) is 0.518. The third kappa shape index (κ3) is 5.51. The molecule has 0 spiro atoms. The SMILES string of the molecule is CC[C@H](C)CC(=O)Nc1nc2c(s1)C(=O)C[C@H](C(=O)NCc1nnc(-c3ccccc3)o1)C2. The molecule has 2 atom stereocenters. The Bertz CT molecular complexity index is 1160. The van der Waals surface area contributed by atoms with Crippen LogP contribution in [-0.4, -0.2) is 32.8 Å². The number of amides is 2. The molecule has 2 heterocycles. The number of anilines is 1. The fraction of sp³-hybridized carbons (Fsp3) is 0.391. The maximum atomic E-state index is 12.7. The van der Waals surface area contributed by atoms with Crippen molar-refractivity contribution in [3.63, 3.8) is 0 Å². The molecular weight excluding hydrogens is 442 g/mol. The van der Waals surface area contributed by atoms with Crippen molar-refractivity contribution >= 4 is 34.1 Å². The monoisotopic (exact) mass is 467 g/mol. The molecule has 4 rings (SSSR count). The topological polar surface area (TPSA) is 127 Å². The predicted octanol–water partition coefficient (Wildman–Crippen LogP) is 3.63. The Morgan fingerprint density at radius 2 is 2.00 bits per heavy atom.